The molecule has 0 heterocycles. The zero-order chi connectivity index (χ0) is 19.1. The van der Waals surface area contributed by atoms with Crippen LogP contribution in [0.3, 0.4) is 0 Å². The molecular weight excluding hydrogens is 328 g/mol. The molecule has 4 heteroatoms. The molecule has 26 heavy (non-hydrogen) atoms. The molecule has 4 nitrogen and oxygen atoms in total. The molecule has 0 atom stereocenters. The van der Waals surface area contributed by atoms with Gasteiger partial charge in [-0.15, -0.1) is 0 Å². The molecule has 0 saturated heterocycles. The molecule has 0 aromatic heterocycles. The van der Waals surface area contributed by atoms with Gasteiger partial charge in [-0.05, 0) is 42.7 Å². The predicted molar refractivity (Wildman–Crippen MR) is 102 cm³/mol. The number of hydrogen-bond donors (Lipinski definition) is 0. The van der Waals surface area contributed by atoms with Gasteiger partial charge in [0.2, 0.25) is 0 Å². The topological polar surface area (TPSA) is 52.6 Å². The molecule has 0 bridgehead atoms. The Morgan fingerprint density at radius 2 is 1.31 bits per heavy atom. The molecule has 2 aromatic carbocycles. The number of benzene rings is 2. The summed E-state index contributed by atoms with van der Waals surface area (Å²) in [6.45, 7) is 10.7. The van der Waals surface area contributed by atoms with Crippen LogP contribution in [0.25, 0.3) is 11.1 Å². The van der Waals surface area contributed by atoms with E-state index < -0.39 is 5.97 Å². The van der Waals surface area contributed by atoms with Crippen molar-refractivity contribution in [2.24, 2.45) is 0 Å². The van der Waals surface area contributed by atoms with Crippen LogP contribution in [0.4, 0.5) is 0 Å². The summed E-state index contributed by atoms with van der Waals surface area (Å²) in [5, 5.41) is 0. The second-order valence-corrected chi connectivity index (χ2v) is 6.06. The van der Waals surface area contributed by atoms with E-state index in [-0.39, 0.29) is 5.97 Å². The first-order valence-corrected chi connectivity index (χ1v) is 8.26. The Labute approximate surface area is 153 Å². The molecule has 0 saturated carbocycles. The van der Waals surface area contributed by atoms with Gasteiger partial charge in [0.05, 0.1) is 6.61 Å². The van der Waals surface area contributed by atoms with E-state index in [9.17, 15) is 9.59 Å². The molecule has 0 unspecified atom stereocenters. The average molecular weight is 350 g/mol. The van der Waals surface area contributed by atoms with Gasteiger partial charge in [-0.25, -0.2) is 9.59 Å². The van der Waals surface area contributed by atoms with E-state index in [4.69, 9.17) is 9.47 Å². The number of hydrogen-bond acceptors (Lipinski definition) is 4. The van der Waals surface area contributed by atoms with Crippen molar-refractivity contribution in [1.29, 1.82) is 0 Å². The van der Waals surface area contributed by atoms with E-state index in [0.29, 0.717) is 29.9 Å². The van der Waals surface area contributed by atoms with E-state index in [1.165, 1.54) is 0 Å². The second kappa shape index (κ2) is 8.81. The Kier molecular flexibility index (Phi) is 6.50. The Morgan fingerprint density at radius 3 is 1.81 bits per heavy atom. The van der Waals surface area contributed by atoms with Gasteiger partial charge in [-0.3, -0.25) is 0 Å². The van der Waals surface area contributed by atoms with Crippen molar-refractivity contribution in [3.8, 4) is 16.9 Å². The smallest absolute Gasteiger partial charge is 0.338 e. The van der Waals surface area contributed by atoms with Crippen LogP contribution in [0.1, 0.15) is 19.4 Å². The predicted octanol–water partition coefficient (Wildman–Crippen LogP) is 4.50. The zero-order valence-electron chi connectivity index (χ0n) is 15.1. The van der Waals surface area contributed by atoms with Crippen molar-refractivity contribution in [3.05, 3.63) is 78.4 Å². The second-order valence-electron chi connectivity index (χ2n) is 6.06. The number of rotatable bonds is 7. The van der Waals surface area contributed by atoms with Crippen LogP contribution < -0.4 is 4.74 Å². The van der Waals surface area contributed by atoms with Crippen LogP contribution in [0.15, 0.2) is 72.8 Å². The first kappa shape index (κ1) is 19.2. The maximum atomic E-state index is 11.5. The molecule has 2 rings (SSSR count). The van der Waals surface area contributed by atoms with E-state index in [0.717, 1.165) is 16.7 Å². The van der Waals surface area contributed by atoms with Crippen LogP contribution >= 0.6 is 0 Å². The van der Waals surface area contributed by atoms with Gasteiger partial charge in [0.25, 0.3) is 0 Å². The van der Waals surface area contributed by atoms with Gasteiger partial charge in [-0.1, -0.05) is 49.6 Å². The lowest BCUT2D eigenvalue weighted by Gasteiger charge is -2.07. The molecular formula is C22H22O4. The van der Waals surface area contributed by atoms with Gasteiger partial charge in [0.15, 0.2) is 0 Å². The third-order valence-electron chi connectivity index (χ3n) is 3.67. The molecule has 0 fully saturated rings. The van der Waals surface area contributed by atoms with Crippen LogP contribution in [0.2, 0.25) is 0 Å². The molecule has 0 radical (unpaired) electrons. The van der Waals surface area contributed by atoms with E-state index in [1.54, 1.807) is 26.0 Å². The van der Waals surface area contributed by atoms with Crippen molar-refractivity contribution >= 4 is 11.9 Å². The van der Waals surface area contributed by atoms with Gasteiger partial charge >= 0.3 is 11.9 Å². The van der Waals surface area contributed by atoms with Crippen molar-refractivity contribution < 1.29 is 19.1 Å². The molecule has 0 N–H and O–H groups in total. The minimum absolute atomic E-state index is 0.327. The Morgan fingerprint density at radius 1 is 0.808 bits per heavy atom. The first-order valence-electron chi connectivity index (χ1n) is 8.26. The summed E-state index contributed by atoms with van der Waals surface area (Å²) >= 11 is 0. The minimum atomic E-state index is -0.436. The molecule has 134 valence electrons. The Bertz CT molecular complexity index is 814. The summed E-state index contributed by atoms with van der Waals surface area (Å²) in [7, 11) is 0. The average Bonchev–Trinajstić information content (AvgIpc) is 2.62. The van der Waals surface area contributed by atoms with Gasteiger partial charge < -0.3 is 9.47 Å². The quantitative estimate of drug-likeness (QED) is 0.419. The van der Waals surface area contributed by atoms with E-state index >= 15 is 0 Å². The summed E-state index contributed by atoms with van der Waals surface area (Å²) in [4.78, 5) is 22.9. The number of esters is 2. The summed E-state index contributed by atoms with van der Waals surface area (Å²) in [5.74, 6) is -0.318. The third kappa shape index (κ3) is 5.45. The van der Waals surface area contributed by atoms with Crippen molar-refractivity contribution in [1.82, 2.24) is 0 Å². The maximum Gasteiger partial charge on any atom is 0.338 e. The third-order valence-corrected chi connectivity index (χ3v) is 3.67. The number of carbonyl (C=O) groups is 2. The van der Waals surface area contributed by atoms with Crippen LogP contribution in [0, 0.1) is 0 Å². The fraction of sp³-hybridized carbons (Fsp3) is 0.182. The van der Waals surface area contributed by atoms with E-state index in [1.807, 2.05) is 36.4 Å². The Balaban J connectivity index is 1.95. The highest BCUT2D eigenvalue weighted by Gasteiger charge is 2.06. The molecule has 2 aromatic rings. The standard InChI is InChI=1S/C22H22O4/c1-15(2)21(23)25-14-13-17-5-7-18(8-6-17)19-9-11-20(12-10-19)26-22(24)16(3)4/h5-12H,1,3,13-14H2,2,4H3. The summed E-state index contributed by atoms with van der Waals surface area (Å²) in [6, 6.07) is 15.3. The van der Waals surface area contributed by atoms with Gasteiger partial charge in [-0.2, -0.15) is 0 Å². The lowest BCUT2D eigenvalue weighted by molar-refractivity contribution is -0.138. The van der Waals surface area contributed by atoms with Crippen LogP contribution in [-0.2, 0) is 20.7 Å². The summed E-state index contributed by atoms with van der Waals surface area (Å²) in [6.07, 6.45) is 0.648. The normalized spacial score (nSPS) is 10.1. The van der Waals surface area contributed by atoms with Crippen molar-refractivity contribution in [3.63, 3.8) is 0 Å². The monoisotopic (exact) mass is 350 g/mol. The summed E-state index contributed by atoms with van der Waals surface area (Å²) in [5.41, 5.74) is 3.90. The fourth-order valence-electron chi connectivity index (χ4n) is 2.16. The largest absolute Gasteiger partial charge is 0.462 e. The number of carbonyl (C=O) groups excluding carboxylic acids is 2. The lowest BCUT2D eigenvalue weighted by Crippen LogP contribution is -2.08. The zero-order valence-corrected chi connectivity index (χ0v) is 15.1. The molecule has 0 aliphatic rings. The van der Waals surface area contributed by atoms with Crippen LogP contribution in [-0.4, -0.2) is 18.5 Å². The molecule has 0 aliphatic carbocycles. The van der Waals surface area contributed by atoms with Crippen molar-refractivity contribution in [2.75, 3.05) is 6.61 Å². The molecule has 0 aliphatic heterocycles. The first-order chi connectivity index (χ1) is 12.4. The Hall–Kier alpha value is -3.14. The summed E-state index contributed by atoms with van der Waals surface area (Å²) < 4.78 is 10.3. The van der Waals surface area contributed by atoms with Gasteiger partial charge in [0, 0.05) is 17.6 Å². The molecule has 0 amide bonds. The van der Waals surface area contributed by atoms with Crippen molar-refractivity contribution in [2.45, 2.75) is 20.3 Å². The minimum Gasteiger partial charge on any atom is -0.462 e. The lowest BCUT2D eigenvalue weighted by atomic mass is 10.0. The molecule has 0 spiro atoms. The highest BCUT2D eigenvalue weighted by atomic mass is 16.5. The fourth-order valence-corrected chi connectivity index (χ4v) is 2.16. The maximum absolute atomic E-state index is 11.5. The SMILES string of the molecule is C=C(C)C(=O)OCCc1ccc(-c2ccc(OC(=O)C(=C)C)cc2)cc1. The highest BCUT2D eigenvalue weighted by Crippen LogP contribution is 2.23. The highest BCUT2D eigenvalue weighted by molar-refractivity contribution is 5.88. The number of ether oxygens (including phenoxy) is 2. The van der Waals surface area contributed by atoms with Crippen LogP contribution in [0.5, 0.6) is 5.75 Å². The van der Waals surface area contributed by atoms with E-state index in [2.05, 4.69) is 13.2 Å². The van der Waals surface area contributed by atoms with Gasteiger partial charge in [0.1, 0.15) is 5.75 Å².